The number of allylic oxidation sites excluding steroid dienone is 4. The average molecular weight is 418 g/mol. The predicted octanol–water partition coefficient (Wildman–Crippen LogP) is 7.22. The molecule has 5 rings (SSSR count). The summed E-state index contributed by atoms with van der Waals surface area (Å²) in [4.78, 5) is 11.0. The lowest BCUT2D eigenvalue weighted by molar-refractivity contribution is 0.640. The third-order valence-electron chi connectivity index (χ3n) is 5.37. The summed E-state index contributed by atoms with van der Waals surface area (Å²) < 4.78 is 5.72. The van der Waals surface area contributed by atoms with Crippen LogP contribution in [0.15, 0.2) is 120 Å². The van der Waals surface area contributed by atoms with Crippen molar-refractivity contribution in [3.8, 4) is 0 Å². The van der Waals surface area contributed by atoms with E-state index in [-0.39, 0.29) is 0 Å². The number of anilines is 2. The summed E-state index contributed by atoms with van der Waals surface area (Å²) in [6, 6.07) is 26.9. The van der Waals surface area contributed by atoms with Gasteiger partial charge in [-0.05, 0) is 67.4 Å². The fourth-order valence-electron chi connectivity index (χ4n) is 3.85. The lowest BCUT2D eigenvalue weighted by Gasteiger charge is -2.25. The normalized spacial score (nSPS) is 12.1. The van der Waals surface area contributed by atoms with Gasteiger partial charge in [0.25, 0.3) is 0 Å². The number of benzene rings is 2. The highest BCUT2D eigenvalue weighted by molar-refractivity contribution is 6.02. The van der Waals surface area contributed by atoms with Gasteiger partial charge in [0.1, 0.15) is 0 Å². The van der Waals surface area contributed by atoms with Gasteiger partial charge in [0, 0.05) is 34.9 Å². The second kappa shape index (κ2) is 8.90. The molecular weight excluding hydrogens is 394 g/mol. The van der Waals surface area contributed by atoms with Crippen molar-refractivity contribution in [2.24, 2.45) is 0 Å². The third-order valence-corrected chi connectivity index (χ3v) is 5.37. The molecule has 3 aromatic heterocycles. The van der Waals surface area contributed by atoms with Gasteiger partial charge >= 0.3 is 0 Å². The largest absolute Gasteiger partial charge is 0.419 e. The first-order valence-corrected chi connectivity index (χ1v) is 10.7. The Balaban J connectivity index is 1.37. The van der Waals surface area contributed by atoms with Crippen molar-refractivity contribution in [2.45, 2.75) is 13.3 Å². The standard InChI is InChI=1S/C28H23N3O/c1-21(31(23-13-4-2-5-14-23)24-15-6-3-7-16-24)11-8-9-12-22-19-26-25-17-10-18-29-27(25)32-28(26)30-20-22/h2-11,13-20H,12H2,1H3/b9-8-,21-11+. The van der Waals surface area contributed by atoms with Gasteiger partial charge in [-0.3, -0.25) is 0 Å². The zero-order valence-electron chi connectivity index (χ0n) is 17.8. The van der Waals surface area contributed by atoms with E-state index in [1.165, 1.54) is 0 Å². The molecule has 0 spiro atoms. The summed E-state index contributed by atoms with van der Waals surface area (Å²) in [5, 5.41) is 2.00. The number of rotatable bonds is 6. The van der Waals surface area contributed by atoms with Gasteiger partial charge in [0.05, 0.1) is 5.39 Å². The SMILES string of the molecule is C/C(=C\C=C/Cc1cnc2oc3ncccc3c2c1)N(c1ccccc1)c1ccccc1. The molecule has 5 aromatic rings. The lowest BCUT2D eigenvalue weighted by Crippen LogP contribution is -2.13. The van der Waals surface area contributed by atoms with Crippen molar-refractivity contribution < 1.29 is 4.42 Å². The van der Waals surface area contributed by atoms with Gasteiger partial charge < -0.3 is 9.32 Å². The summed E-state index contributed by atoms with van der Waals surface area (Å²) in [5.41, 5.74) is 5.80. The number of nitrogens with zero attached hydrogens (tertiary/aromatic N) is 3. The molecule has 0 aliphatic carbocycles. The molecule has 0 aliphatic rings. The van der Waals surface area contributed by atoms with Crippen LogP contribution in [0.5, 0.6) is 0 Å². The van der Waals surface area contributed by atoms with Crippen LogP contribution in [0.1, 0.15) is 12.5 Å². The number of fused-ring (bicyclic) bond motifs is 3. The minimum absolute atomic E-state index is 0.628. The molecule has 2 aromatic carbocycles. The summed E-state index contributed by atoms with van der Waals surface area (Å²) in [6.45, 7) is 2.13. The van der Waals surface area contributed by atoms with Crippen LogP contribution >= 0.6 is 0 Å². The molecule has 3 heterocycles. The van der Waals surface area contributed by atoms with Gasteiger partial charge in [-0.1, -0.05) is 48.6 Å². The Kier molecular flexibility index (Phi) is 5.50. The van der Waals surface area contributed by atoms with Gasteiger partial charge in [-0.25, -0.2) is 9.97 Å². The van der Waals surface area contributed by atoms with Crippen molar-refractivity contribution in [1.29, 1.82) is 0 Å². The number of hydrogen-bond donors (Lipinski definition) is 0. The van der Waals surface area contributed by atoms with Crippen molar-refractivity contribution in [2.75, 3.05) is 4.90 Å². The molecule has 0 N–H and O–H groups in total. The maximum Gasteiger partial charge on any atom is 0.229 e. The number of furan rings is 1. The van der Waals surface area contributed by atoms with Crippen LogP contribution in [0, 0.1) is 0 Å². The molecular formula is C28H23N3O. The summed E-state index contributed by atoms with van der Waals surface area (Å²) >= 11 is 0. The topological polar surface area (TPSA) is 42.2 Å². The Morgan fingerprint density at radius 2 is 1.53 bits per heavy atom. The van der Waals surface area contributed by atoms with Crippen LogP contribution in [0.3, 0.4) is 0 Å². The quantitative estimate of drug-likeness (QED) is 0.274. The first-order valence-electron chi connectivity index (χ1n) is 10.7. The van der Waals surface area contributed by atoms with Crippen LogP contribution in [0.2, 0.25) is 0 Å². The summed E-state index contributed by atoms with van der Waals surface area (Å²) in [7, 11) is 0. The molecule has 0 fully saturated rings. The minimum Gasteiger partial charge on any atom is -0.419 e. The van der Waals surface area contributed by atoms with Crippen LogP contribution in [-0.2, 0) is 6.42 Å². The van der Waals surface area contributed by atoms with E-state index < -0.39 is 0 Å². The van der Waals surface area contributed by atoms with Gasteiger partial charge in [-0.15, -0.1) is 0 Å². The Labute approximate surface area is 187 Å². The van der Waals surface area contributed by atoms with E-state index in [0.29, 0.717) is 11.4 Å². The first kappa shape index (κ1) is 19.8. The van der Waals surface area contributed by atoms with E-state index in [4.69, 9.17) is 4.42 Å². The molecule has 0 saturated carbocycles. The van der Waals surface area contributed by atoms with Crippen molar-refractivity contribution in [3.63, 3.8) is 0 Å². The maximum absolute atomic E-state index is 5.72. The van der Waals surface area contributed by atoms with Gasteiger partial charge in [0.2, 0.25) is 11.4 Å². The van der Waals surface area contributed by atoms with Gasteiger partial charge in [-0.2, -0.15) is 0 Å². The van der Waals surface area contributed by atoms with E-state index in [1.807, 2.05) is 30.5 Å². The zero-order chi connectivity index (χ0) is 21.8. The smallest absolute Gasteiger partial charge is 0.229 e. The molecule has 0 bridgehead atoms. The molecule has 0 atom stereocenters. The van der Waals surface area contributed by atoms with Gasteiger partial charge in [0.15, 0.2) is 0 Å². The maximum atomic E-state index is 5.72. The number of hydrogen-bond acceptors (Lipinski definition) is 4. The van der Waals surface area contributed by atoms with E-state index in [0.717, 1.165) is 39.8 Å². The highest BCUT2D eigenvalue weighted by Gasteiger charge is 2.10. The number of pyridine rings is 2. The highest BCUT2D eigenvalue weighted by Crippen LogP contribution is 2.29. The summed E-state index contributed by atoms with van der Waals surface area (Å²) in [6.07, 6.45) is 10.8. The number of para-hydroxylation sites is 2. The van der Waals surface area contributed by atoms with Crippen LogP contribution in [0.25, 0.3) is 22.2 Å². The van der Waals surface area contributed by atoms with Crippen LogP contribution < -0.4 is 4.90 Å². The molecule has 0 aliphatic heterocycles. The van der Waals surface area contributed by atoms with E-state index in [1.54, 1.807) is 6.20 Å². The first-order chi connectivity index (χ1) is 15.8. The van der Waals surface area contributed by atoms with E-state index in [9.17, 15) is 0 Å². The molecule has 156 valence electrons. The Morgan fingerprint density at radius 1 is 0.844 bits per heavy atom. The number of aromatic nitrogens is 2. The Bertz CT molecular complexity index is 1360. The Morgan fingerprint density at radius 3 is 2.25 bits per heavy atom. The van der Waals surface area contributed by atoms with Crippen LogP contribution in [-0.4, -0.2) is 9.97 Å². The molecule has 4 heteroatoms. The fourth-order valence-corrected chi connectivity index (χ4v) is 3.85. The van der Waals surface area contributed by atoms with E-state index >= 15 is 0 Å². The molecule has 0 unspecified atom stereocenters. The molecule has 4 nitrogen and oxygen atoms in total. The second-order valence-electron chi connectivity index (χ2n) is 7.60. The molecule has 0 radical (unpaired) electrons. The minimum atomic E-state index is 0.628. The average Bonchev–Trinajstić information content (AvgIpc) is 3.21. The monoisotopic (exact) mass is 417 g/mol. The molecule has 0 saturated heterocycles. The third kappa shape index (κ3) is 4.03. The molecule has 0 amide bonds. The predicted molar refractivity (Wildman–Crippen MR) is 131 cm³/mol. The lowest BCUT2D eigenvalue weighted by atomic mass is 10.1. The van der Waals surface area contributed by atoms with Crippen molar-refractivity contribution in [1.82, 2.24) is 9.97 Å². The van der Waals surface area contributed by atoms with E-state index in [2.05, 4.69) is 94.6 Å². The fraction of sp³-hybridized carbons (Fsp3) is 0.0714. The zero-order valence-corrected chi connectivity index (χ0v) is 17.8. The summed E-state index contributed by atoms with van der Waals surface area (Å²) in [5.74, 6) is 0. The van der Waals surface area contributed by atoms with Crippen molar-refractivity contribution >= 4 is 33.6 Å². The highest BCUT2D eigenvalue weighted by atomic mass is 16.3. The second-order valence-corrected chi connectivity index (χ2v) is 7.60. The van der Waals surface area contributed by atoms with Crippen LogP contribution in [0.4, 0.5) is 11.4 Å². The molecule has 32 heavy (non-hydrogen) atoms. The Hall–Kier alpha value is -4.18. The van der Waals surface area contributed by atoms with Crippen molar-refractivity contribution in [3.05, 3.63) is 121 Å².